The molecular weight excluding hydrogens is 418 g/mol. The number of aryl methyl sites for hydroxylation is 1. The molecule has 1 aliphatic rings. The van der Waals surface area contributed by atoms with Gasteiger partial charge in [0.15, 0.2) is 0 Å². The number of para-hydroxylation sites is 2. The highest BCUT2D eigenvalue weighted by atomic mass is 16.5. The van der Waals surface area contributed by atoms with Gasteiger partial charge in [-0.05, 0) is 29.7 Å². The third-order valence-electron chi connectivity index (χ3n) is 5.69. The summed E-state index contributed by atoms with van der Waals surface area (Å²) in [7, 11) is 0. The smallest absolute Gasteiger partial charge is 0.242 e. The first-order chi connectivity index (χ1) is 16.0. The number of benzene rings is 1. The van der Waals surface area contributed by atoms with Crippen molar-refractivity contribution in [2.45, 2.75) is 39.4 Å². The Morgan fingerprint density at radius 2 is 2.06 bits per heavy atom. The van der Waals surface area contributed by atoms with Crippen molar-refractivity contribution >= 4 is 22.8 Å². The van der Waals surface area contributed by atoms with Crippen molar-refractivity contribution in [3.63, 3.8) is 0 Å². The number of carbonyl (C=O) groups is 2. The molecule has 1 fully saturated rings. The van der Waals surface area contributed by atoms with Crippen LogP contribution in [0.1, 0.15) is 31.7 Å². The van der Waals surface area contributed by atoms with E-state index in [4.69, 9.17) is 4.74 Å². The number of ether oxygens (including phenoxy) is 1. The number of carbonyl (C=O) groups excluding carboxylic acids is 2. The lowest BCUT2D eigenvalue weighted by molar-refractivity contribution is -0.139. The van der Waals surface area contributed by atoms with E-state index < -0.39 is 0 Å². The van der Waals surface area contributed by atoms with E-state index in [1.165, 1.54) is 0 Å². The fraction of sp³-hybridized carbons (Fsp3) is 0.440. The van der Waals surface area contributed by atoms with E-state index in [2.05, 4.69) is 28.8 Å². The highest BCUT2D eigenvalue weighted by Crippen LogP contribution is 2.15. The Bertz CT molecular complexity index is 1050. The Hall–Kier alpha value is -3.26. The lowest BCUT2D eigenvalue weighted by Gasteiger charge is -2.26. The van der Waals surface area contributed by atoms with Gasteiger partial charge in [0.2, 0.25) is 11.8 Å². The topological polar surface area (TPSA) is 91.4 Å². The maximum atomic E-state index is 13.1. The molecule has 0 aliphatic carbocycles. The maximum Gasteiger partial charge on any atom is 0.242 e. The molecule has 8 heteroatoms. The zero-order valence-corrected chi connectivity index (χ0v) is 19.2. The Balaban J connectivity index is 1.42. The number of fused-ring (bicyclic) bond motifs is 1. The fourth-order valence-corrected chi connectivity index (χ4v) is 4.10. The lowest BCUT2D eigenvalue weighted by Crippen LogP contribution is -2.40. The van der Waals surface area contributed by atoms with Crippen molar-refractivity contribution in [1.29, 1.82) is 0 Å². The van der Waals surface area contributed by atoms with Crippen molar-refractivity contribution in [2.75, 3.05) is 26.2 Å². The molecule has 0 saturated carbocycles. The van der Waals surface area contributed by atoms with Crippen molar-refractivity contribution in [3.05, 3.63) is 60.2 Å². The number of aromatic nitrogens is 3. The predicted octanol–water partition coefficient (Wildman–Crippen LogP) is 2.80. The zero-order valence-electron chi connectivity index (χ0n) is 19.2. The molecule has 174 valence electrons. The molecule has 0 spiro atoms. The molecule has 3 aromatic rings. The van der Waals surface area contributed by atoms with E-state index in [1.54, 1.807) is 17.3 Å². The van der Waals surface area contributed by atoms with Crippen LogP contribution in [0.5, 0.6) is 0 Å². The summed E-state index contributed by atoms with van der Waals surface area (Å²) in [6, 6.07) is 11.6. The minimum atomic E-state index is -0.259. The van der Waals surface area contributed by atoms with Gasteiger partial charge in [0.1, 0.15) is 5.82 Å². The van der Waals surface area contributed by atoms with Gasteiger partial charge in [-0.25, -0.2) is 4.98 Å². The van der Waals surface area contributed by atoms with Crippen molar-refractivity contribution < 1.29 is 14.3 Å². The van der Waals surface area contributed by atoms with Crippen LogP contribution >= 0.6 is 0 Å². The largest absolute Gasteiger partial charge is 0.370 e. The van der Waals surface area contributed by atoms with E-state index in [0.717, 1.165) is 22.4 Å². The van der Waals surface area contributed by atoms with Crippen molar-refractivity contribution in [2.24, 2.45) is 5.92 Å². The average molecular weight is 450 g/mol. The standard InChI is InChI=1S/C25H31N5O3/c1-18(2)13-29-14-20(33-17-19-6-5-11-26-12-19)15-30(16-25(29)32)24(31)10-9-23-27-21-7-3-4-8-22(21)28-23/h3-8,11-12,18,20H,9-10,13-17H2,1-2H3,(H,27,28)/t20-/m1/s1. The van der Waals surface area contributed by atoms with E-state index in [1.807, 2.05) is 41.3 Å². The number of hydrogen-bond donors (Lipinski definition) is 1. The number of rotatable bonds is 8. The highest BCUT2D eigenvalue weighted by Gasteiger charge is 2.31. The molecule has 0 radical (unpaired) electrons. The molecule has 0 bridgehead atoms. The number of imidazole rings is 1. The molecule has 1 aliphatic heterocycles. The molecule has 0 unspecified atom stereocenters. The Labute approximate surface area is 194 Å². The number of amides is 2. The molecule has 33 heavy (non-hydrogen) atoms. The number of pyridine rings is 1. The fourth-order valence-electron chi connectivity index (χ4n) is 4.10. The second-order valence-electron chi connectivity index (χ2n) is 8.96. The van der Waals surface area contributed by atoms with Gasteiger partial charge in [0.25, 0.3) is 0 Å². The molecule has 1 atom stereocenters. The van der Waals surface area contributed by atoms with Gasteiger partial charge in [-0.1, -0.05) is 32.0 Å². The van der Waals surface area contributed by atoms with Crippen LogP contribution in [0.25, 0.3) is 11.0 Å². The molecule has 1 aromatic carbocycles. The van der Waals surface area contributed by atoms with Crippen LogP contribution < -0.4 is 0 Å². The minimum absolute atomic E-state index is 0.0340. The molecule has 4 rings (SSSR count). The third-order valence-corrected chi connectivity index (χ3v) is 5.69. The molecular formula is C25H31N5O3. The SMILES string of the molecule is CC(C)CN1C[C@@H](OCc2cccnc2)CN(C(=O)CCc2nc3ccccc3[nH]2)CC1=O. The van der Waals surface area contributed by atoms with Crippen LogP contribution in [0, 0.1) is 5.92 Å². The second-order valence-corrected chi connectivity index (χ2v) is 8.96. The Kier molecular flexibility index (Phi) is 7.34. The number of hydrogen-bond acceptors (Lipinski definition) is 5. The Morgan fingerprint density at radius 3 is 2.82 bits per heavy atom. The van der Waals surface area contributed by atoms with E-state index in [0.29, 0.717) is 38.6 Å². The molecule has 2 aromatic heterocycles. The van der Waals surface area contributed by atoms with E-state index in [-0.39, 0.29) is 30.9 Å². The van der Waals surface area contributed by atoms with Gasteiger partial charge in [0, 0.05) is 44.9 Å². The average Bonchev–Trinajstić information content (AvgIpc) is 3.16. The zero-order chi connectivity index (χ0) is 23.2. The first kappa shape index (κ1) is 22.9. The molecule has 2 amide bonds. The lowest BCUT2D eigenvalue weighted by atomic mass is 10.2. The third kappa shape index (κ3) is 6.16. The van der Waals surface area contributed by atoms with Crippen LogP contribution in [0.2, 0.25) is 0 Å². The molecule has 3 heterocycles. The van der Waals surface area contributed by atoms with Gasteiger partial charge < -0.3 is 19.5 Å². The normalized spacial score (nSPS) is 17.1. The van der Waals surface area contributed by atoms with E-state index in [9.17, 15) is 9.59 Å². The van der Waals surface area contributed by atoms with Crippen LogP contribution in [0.15, 0.2) is 48.8 Å². The van der Waals surface area contributed by atoms with Gasteiger partial charge in [-0.2, -0.15) is 0 Å². The number of aromatic amines is 1. The maximum absolute atomic E-state index is 13.1. The van der Waals surface area contributed by atoms with Gasteiger partial charge in [-0.3, -0.25) is 14.6 Å². The monoisotopic (exact) mass is 449 g/mol. The van der Waals surface area contributed by atoms with Gasteiger partial charge in [-0.15, -0.1) is 0 Å². The summed E-state index contributed by atoms with van der Waals surface area (Å²) in [5.41, 5.74) is 2.81. The number of nitrogens with zero attached hydrogens (tertiary/aromatic N) is 4. The van der Waals surface area contributed by atoms with Crippen molar-refractivity contribution in [1.82, 2.24) is 24.8 Å². The molecule has 8 nitrogen and oxygen atoms in total. The quantitative estimate of drug-likeness (QED) is 0.571. The summed E-state index contributed by atoms with van der Waals surface area (Å²) >= 11 is 0. The molecule has 1 N–H and O–H groups in total. The Morgan fingerprint density at radius 1 is 1.21 bits per heavy atom. The summed E-state index contributed by atoms with van der Waals surface area (Å²) in [6.45, 7) is 6.15. The van der Waals surface area contributed by atoms with Crippen LogP contribution in [0.3, 0.4) is 0 Å². The number of nitrogens with one attached hydrogen (secondary N) is 1. The van der Waals surface area contributed by atoms with Gasteiger partial charge >= 0.3 is 0 Å². The first-order valence-corrected chi connectivity index (χ1v) is 11.5. The predicted molar refractivity (Wildman–Crippen MR) is 125 cm³/mol. The summed E-state index contributed by atoms with van der Waals surface area (Å²) in [5, 5.41) is 0. The second kappa shape index (κ2) is 10.6. The van der Waals surface area contributed by atoms with Crippen molar-refractivity contribution in [3.8, 4) is 0 Å². The summed E-state index contributed by atoms with van der Waals surface area (Å²) in [4.78, 5) is 41.4. The summed E-state index contributed by atoms with van der Waals surface area (Å²) in [6.07, 6.45) is 4.01. The molecule has 1 saturated heterocycles. The van der Waals surface area contributed by atoms with E-state index >= 15 is 0 Å². The van der Waals surface area contributed by atoms with Crippen LogP contribution in [-0.2, 0) is 27.4 Å². The highest BCUT2D eigenvalue weighted by molar-refractivity contribution is 5.85. The van der Waals surface area contributed by atoms with Gasteiger partial charge in [0.05, 0.1) is 30.3 Å². The number of H-pyrrole nitrogens is 1. The summed E-state index contributed by atoms with van der Waals surface area (Å²) in [5.74, 6) is 1.01. The minimum Gasteiger partial charge on any atom is -0.370 e. The van der Waals surface area contributed by atoms with Crippen LogP contribution in [-0.4, -0.2) is 68.8 Å². The summed E-state index contributed by atoms with van der Waals surface area (Å²) < 4.78 is 6.15. The van der Waals surface area contributed by atoms with Crippen LogP contribution in [0.4, 0.5) is 0 Å². The first-order valence-electron chi connectivity index (χ1n) is 11.5.